The van der Waals surface area contributed by atoms with E-state index in [1.165, 1.54) is 0 Å². The number of aromatic nitrogens is 1. The summed E-state index contributed by atoms with van der Waals surface area (Å²) in [5, 5.41) is 0.703. The quantitative estimate of drug-likeness (QED) is 0.501. The molecule has 0 unspecified atom stereocenters. The summed E-state index contributed by atoms with van der Waals surface area (Å²) in [5.41, 5.74) is 2.14. The predicted octanol–water partition coefficient (Wildman–Crippen LogP) is 5.02. The van der Waals surface area contributed by atoms with E-state index >= 15 is 0 Å². The van der Waals surface area contributed by atoms with E-state index in [0.29, 0.717) is 41.9 Å². The van der Waals surface area contributed by atoms with Crippen LogP contribution in [0.1, 0.15) is 41.5 Å². The smallest absolute Gasteiger partial charge is 0.260 e. The second-order valence-corrected chi connectivity index (χ2v) is 8.53. The molecule has 0 saturated carbocycles. The van der Waals surface area contributed by atoms with Gasteiger partial charge in [0, 0.05) is 24.5 Å². The van der Waals surface area contributed by atoms with E-state index in [9.17, 15) is 4.79 Å². The number of halogens is 1. The molecule has 0 radical (unpaired) electrons. The zero-order valence-electron chi connectivity index (χ0n) is 18.3. The number of ether oxygens (including phenoxy) is 2. The van der Waals surface area contributed by atoms with Gasteiger partial charge in [-0.15, -0.1) is 0 Å². The van der Waals surface area contributed by atoms with Crippen molar-refractivity contribution in [1.29, 1.82) is 0 Å². The van der Waals surface area contributed by atoms with Crippen molar-refractivity contribution in [2.75, 3.05) is 26.8 Å². The fourth-order valence-electron chi connectivity index (χ4n) is 3.97. The van der Waals surface area contributed by atoms with Crippen molar-refractivity contribution >= 4 is 17.5 Å². The highest BCUT2D eigenvalue weighted by molar-refractivity contribution is 6.30. The van der Waals surface area contributed by atoms with Crippen molar-refractivity contribution in [3.63, 3.8) is 0 Å². The van der Waals surface area contributed by atoms with Gasteiger partial charge in [-0.05, 0) is 55.2 Å². The summed E-state index contributed by atoms with van der Waals surface area (Å²) in [5.74, 6) is 2.69. The average molecular weight is 455 g/mol. The number of oxazole rings is 1. The van der Waals surface area contributed by atoms with Gasteiger partial charge >= 0.3 is 0 Å². The van der Waals surface area contributed by atoms with Crippen molar-refractivity contribution in [2.24, 2.45) is 0 Å². The topological polar surface area (TPSA) is 64.8 Å². The van der Waals surface area contributed by atoms with E-state index in [1.807, 2.05) is 54.3 Å². The van der Waals surface area contributed by atoms with Gasteiger partial charge in [-0.1, -0.05) is 29.8 Å². The summed E-state index contributed by atoms with van der Waals surface area (Å²) in [6.45, 7) is 3.23. The molecule has 1 aliphatic rings. The SMILES string of the molecule is COc1cc(C)ccc1OCC(=O)N1CCC[C@@H](c2ncc(Cc3cccc(Cl)c3)o2)C1. The molecular weight excluding hydrogens is 428 g/mol. The molecule has 0 aliphatic carbocycles. The molecular formula is C25H27ClN2O4. The maximum atomic E-state index is 12.8. The molecule has 168 valence electrons. The standard InChI is InChI=1S/C25H27ClN2O4/c1-17-8-9-22(23(11-17)30-2)31-16-24(29)28-10-4-6-19(15-28)25-27-14-21(32-25)13-18-5-3-7-20(26)12-18/h3,5,7-9,11-12,14,19H,4,6,10,13,15-16H2,1-2H3/t19-/m1/s1. The summed E-state index contributed by atoms with van der Waals surface area (Å²) in [6, 6.07) is 13.4. The van der Waals surface area contributed by atoms with Crippen molar-refractivity contribution in [2.45, 2.75) is 32.1 Å². The molecule has 1 fully saturated rings. The van der Waals surface area contributed by atoms with E-state index in [-0.39, 0.29) is 18.4 Å². The first-order valence-electron chi connectivity index (χ1n) is 10.8. The number of piperidine rings is 1. The van der Waals surface area contributed by atoms with Crippen molar-refractivity contribution in [3.8, 4) is 11.5 Å². The van der Waals surface area contributed by atoms with Gasteiger partial charge in [0.25, 0.3) is 5.91 Å². The zero-order valence-corrected chi connectivity index (χ0v) is 19.1. The molecule has 1 atom stereocenters. The summed E-state index contributed by atoms with van der Waals surface area (Å²) in [7, 11) is 1.59. The Bertz CT molecular complexity index is 1080. The second kappa shape index (κ2) is 10.1. The first kappa shape index (κ1) is 22.2. The van der Waals surface area contributed by atoms with Crippen LogP contribution in [0.3, 0.4) is 0 Å². The Kier molecular flexibility index (Phi) is 7.00. The van der Waals surface area contributed by atoms with Crippen LogP contribution in [0.2, 0.25) is 5.02 Å². The second-order valence-electron chi connectivity index (χ2n) is 8.09. The van der Waals surface area contributed by atoms with Crippen LogP contribution < -0.4 is 9.47 Å². The van der Waals surface area contributed by atoms with Gasteiger partial charge in [-0.3, -0.25) is 4.79 Å². The van der Waals surface area contributed by atoms with Gasteiger partial charge in [0.2, 0.25) is 0 Å². The number of carbonyl (C=O) groups excluding carboxylic acids is 1. The number of likely N-dealkylation sites (tertiary alicyclic amines) is 1. The number of aryl methyl sites for hydroxylation is 1. The highest BCUT2D eigenvalue weighted by atomic mass is 35.5. The van der Waals surface area contributed by atoms with Gasteiger partial charge in [0.1, 0.15) is 5.76 Å². The highest BCUT2D eigenvalue weighted by Crippen LogP contribution is 2.29. The van der Waals surface area contributed by atoms with Gasteiger partial charge in [-0.25, -0.2) is 4.98 Å². The Morgan fingerprint density at radius 1 is 1.25 bits per heavy atom. The molecule has 4 rings (SSSR count). The fraction of sp³-hybridized carbons (Fsp3) is 0.360. The third kappa shape index (κ3) is 5.43. The molecule has 0 N–H and O–H groups in total. The lowest BCUT2D eigenvalue weighted by Crippen LogP contribution is -2.41. The lowest BCUT2D eigenvalue weighted by molar-refractivity contribution is -0.134. The Morgan fingerprint density at radius 2 is 2.12 bits per heavy atom. The Morgan fingerprint density at radius 3 is 2.94 bits per heavy atom. The number of carbonyl (C=O) groups is 1. The minimum Gasteiger partial charge on any atom is -0.493 e. The third-order valence-corrected chi connectivity index (χ3v) is 5.87. The van der Waals surface area contributed by atoms with Crippen LogP contribution >= 0.6 is 11.6 Å². The molecule has 32 heavy (non-hydrogen) atoms. The van der Waals surface area contributed by atoms with Crippen LogP contribution in [-0.2, 0) is 11.2 Å². The van der Waals surface area contributed by atoms with Crippen LogP contribution in [0.5, 0.6) is 11.5 Å². The van der Waals surface area contributed by atoms with Crippen LogP contribution in [-0.4, -0.2) is 42.6 Å². The maximum absolute atomic E-state index is 12.8. The van der Waals surface area contributed by atoms with Crippen LogP contribution in [0.15, 0.2) is 53.1 Å². The summed E-state index contributed by atoms with van der Waals surface area (Å²) in [4.78, 5) is 19.1. The van der Waals surface area contributed by atoms with Crippen molar-refractivity contribution in [1.82, 2.24) is 9.88 Å². The number of rotatable bonds is 7. The predicted molar refractivity (Wildman–Crippen MR) is 123 cm³/mol. The van der Waals surface area contributed by atoms with Gasteiger partial charge in [-0.2, -0.15) is 0 Å². The molecule has 1 amide bonds. The van der Waals surface area contributed by atoms with E-state index in [0.717, 1.165) is 29.7 Å². The maximum Gasteiger partial charge on any atom is 0.260 e. The molecule has 1 aromatic heterocycles. The number of hydrogen-bond donors (Lipinski definition) is 0. The monoisotopic (exact) mass is 454 g/mol. The van der Waals surface area contributed by atoms with E-state index < -0.39 is 0 Å². The Hall–Kier alpha value is -2.99. The number of amides is 1. The Balaban J connectivity index is 1.35. The van der Waals surface area contributed by atoms with Crippen LogP contribution in [0.25, 0.3) is 0 Å². The molecule has 2 heterocycles. The average Bonchev–Trinajstić information content (AvgIpc) is 3.26. The first-order chi connectivity index (χ1) is 15.5. The van der Waals surface area contributed by atoms with Gasteiger partial charge < -0.3 is 18.8 Å². The summed E-state index contributed by atoms with van der Waals surface area (Å²) >= 11 is 6.07. The number of nitrogens with zero attached hydrogens (tertiary/aromatic N) is 2. The van der Waals surface area contributed by atoms with Crippen molar-refractivity contribution < 1.29 is 18.7 Å². The van der Waals surface area contributed by atoms with E-state index in [1.54, 1.807) is 13.3 Å². The Labute approximate surface area is 193 Å². The number of hydrogen-bond acceptors (Lipinski definition) is 5. The van der Waals surface area contributed by atoms with Crippen LogP contribution in [0.4, 0.5) is 0 Å². The number of benzene rings is 2. The molecule has 0 spiro atoms. The zero-order chi connectivity index (χ0) is 22.5. The van der Waals surface area contributed by atoms with E-state index in [4.69, 9.17) is 25.5 Å². The van der Waals surface area contributed by atoms with E-state index in [2.05, 4.69) is 4.98 Å². The normalized spacial score (nSPS) is 16.1. The summed E-state index contributed by atoms with van der Waals surface area (Å²) < 4.78 is 17.1. The molecule has 0 bridgehead atoms. The van der Waals surface area contributed by atoms with Gasteiger partial charge in [0.15, 0.2) is 24.0 Å². The largest absolute Gasteiger partial charge is 0.493 e. The lowest BCUT2D eigenvalue weighted by Gasteiger charge is -2.31. The third-order valence-electron chi connectivity index (χ3n) is 5.63. The first-order valence-corrected chi connectivity index (χ1v) is 11.1. The molecule has 7 heteroatoms. The molecule has 1 aliphatic heterocycles. The van der Waals surface area contributed by atoms with Crippen LogP contribution in [0, 0.1) is 6.92 Å². The lowest BCUT2D eigenvalue weighted by atomic mass is 9.98. The molecule has 1 saturated heterocycles. The molecule has 2 aromatic carbocycles. The van der Waals surface area contributed by atoms with Gasteiger partial charge in [0.05, 0.1) is 19.2 Å². The molecule has 6 nitrogen and oxygen atoms in total. The minimum absolute atomic E-state index is 0.0300. The van der Waals surface area contributed by atoms with Crippen molar-refractivity contribution in [3.05, 3.63) is 76.5 Å². The fourth-order valence-corrected chi connectivity index (χ4v) is 4.18. The molecule has 3 aromatic rings. The highest BCUT2D eigenvalue weighted by Gasteiger charge is 2.28. The number of methoxy groups -OCH3 is 1. The summed E-state index contributed by atoms with van der Waals surface area (Å²) in [6.07, 6.45) is 4.24. The minimum atomic E-state index is -0.0527.